The molecule has 0 bridgehead atoms. The van der Waals surface area contributed by atoms with Gasteiger partial charge in [0, 0.05) is 6.20 Å². The highest BCUT2D eigenvalue weighted by atomic mass is 35.5. The highest BCUT2D eigenvalue weighted by Gasteiger charge is 2.08. The van der Waals surface area contributed by atoms with Crippen molar-refractivity contribution in [1.29, 1.82) is 5.41 Å². The largest absolute Gasteiger partial charge is 0.486 e. The zero-order valence-corrected chi connectivity index (χ0v) is 10.6. The first-order valence-electron chi connectivity index (χ1n) is 5.44. The van der Waals surface area contributed by atoms with Crippen molar-refractivity contribution in [3.05, 3.63) is 58.6 Å². The molecule has 4 nitrogen and oxygen atoms in total. The third-order valence-corrected chi connectivity index (χ3v) is 2.70. The van der Waals surface area contributed by atoms with E-state index in [1.165, 1.54) is 18.3 Å². The van der Waals surface area contributed by atoms with Gasteiger partial charge in [0.15, 0.2) is 11.6 Å². The van der Waals surface area contributed by atoms with Crippen LogP contribution in [0.25, 0.3) is 0 Å². The number of ether oxygens (including phenoxy) is 1. The number of amidine groups is 1. The Bertz CT molecular complexity index is 619. The summed E-state index contributed by atoms with van der Waals surface area (Å²) in [5.74, 6) is -0.644. The highest BCUT2D eigenvalue weighted by Crippen LogP contribution is 2.24. The van der Waals surface area contributed by atoms with Gasteiger partial charge in [-0.15, -0.1) is 0 Å². The Hall–Kier alpha value is -2.14. The summed E-state index contributed by atoms with van der Waals surface area (Å²) in [7, 11) is 0. The van der Waals surface area contributed by atoms with Gasteiger partial charge in [0.2, 0.25) is 0 Å². The smallest absolute Gasteiger partial charge is 0.183 e. The summed E-state index contributed by atoms with van der Waals surface area (Å²) >= 11 is 5.65. The van der Waals surface area contributed by atoms with Crippen LogP contribution in [0.5, 0.6) is 5.75 Å². The van der Waals surface area contributed by atoms with Gasteiger partial charge in [0.05, 0.1) is 5.02 Å². The van der Waals surface area contributed by atoms with Gasteiger partial charge in [-0.25, -0.2) is 4.39 Å². The molecule has 19 heavy (non-hydrogen) atoms. The Kier molecular flexibility index (Phi) is 3.97. The van der Waals surface area contributed by atoms with E-state index in [2.05, 4.69) is 4.98 Å². The monoisotopic (exact) mass is 279 g/mol. The maximum absolute atomic E-state index is 13.6. The number of halogens is 2. The van der Waals surface area contributed by atoms with Gasteiger partial charge in [-0.3, -0.25) is 10.4 Å². The molecule has 0 radical (unpaired) electrons. The minimum atomic E-state index is -0.593. The lowest BCUT2D eigenvalue weighted by Gasteiger charge is -2.08. The molecule has 2 aromatic rings. The Labute approximate surface area is 114 Å². The second kappa shape index (κ2) is 5.67. The molecule has 1 heterocycles. The topological polar surface area (TPSA) is 72.0 Å². The summed E-state index contributed by atoms with van der Waals surface area (Å²) in [6, 6.07) is 7.87. The van der Waals surface area contributed by atoms with E-state index in [4.69, 9.17) is 27.5 Å². The van der Waals surface area contributed by atoms with Gasteiger partial charge in [-0.05, 0) is 29.8 Å². The van der Waals surface area contributed by atoms with Gasteiger partial charge in [-0.1, -0.05) is 17.7 Å². The SMILES string of the molecule is N=C(N)c1cc(COc2cccc(Cl)c2F)ccn1. The van der Waals surface area contributed by atoms with Crippen molar-refractivity contribution in [3.63, 3.8) is 0 Å². The fourth-order valence-electron chi connectivity index (χ4n) is 1.47. The fourth-order valence-corrected chi connectivity index (χ4v) is 1.63. The van der Waals surface area contributed by atoms with Crippen LogP contribution >= 0.6 is 11.6 Å². The van der Waals surface area contributed by atoms with E-state index in [1.54, 1.807) is 18.2 Å². The molecule has 6 heteroatoms. The number of aromatic nitrogens is 1. The summed E-state index contributed by atoms with van der Waals surface area (Å²) in [6.07, 6.45) is 1.52. The number of benzene rings is 1. The van der Waals surface area contributed by atoms with Crippen molar-refractivity contribution in [1.82, 2.24) is 4.98 Å². The van der Waals surface area contributed by atoms with Gasteiger partial charge in [0.25, 0.3) is 0 Å². The fraction of sp³-hybridized carbons (Fsp3) is 0.0769. The summed E-state index contributed by atoms with van der Waals surface area (Å²) < 4.78 is 18.9. The summed E-state index contributed by atoms with van der Waals surface area (Å²) in [5, 5.41) is 7.30. The lowest BCUT2D eigenvalue weighted by Crippen LogP contribution is -2.13. The number of hydrogen-bond acceptors (Lipinski definition) is 3. The molecule has 0 spiro atoms. The minimum Gasteiger partial charge on any atom is -0.486 e. The molecule has 2 rings (SSSR count). The average Bonchev–Trinajstić information content (AvgIpc) is 2.41. The zero-order chi connectivity index (χ0) is 13.8. The van der Waals surface area contributed by atoms with Crippen LogP contribution in [0.2, 0.25) is 5.02 Å². The van der Waals surface area contributed by atoms with Crippen LogP contribution in [0.4, 0.5) is 4.39 Å². The molecule has 0 aliphatic rings. The third kappa shape index (κ3) is 3.20. The molecule has 0 atom stereocenters. The molecule has 1 aromatic carbocycles. The first kappa shape index (κ1) is 13.3. The van der Waals surface area contributed by atoms with Crippen LogP contribution in [-0.4, -0.2) is 10.8 Å². The average molecular weight is 280 g/mol. The second-order valence-corrected chi connectivity index (χ2v) is 4.21. The predicted molar refractivity (Wildman–Crippen MR) is 71.0 cm³/mol. The molecule has 0 fully saturated rings. The van der Waals surface area contributed by atoms with E-state index in [0.717, 1.165) is 5.56 Å². The summed E-state index contributed by atoms with van der Waals surface area (Å²) in [6.45, 7) is 0.139. The van der Waals surface area contributed by atoms with Gasteiger partial charge >= 0.3 is 0 Å². The number of nitrogens with zero attached hydrogens (tertiary/aromatic N) is 1. The molecule has 0 saturated heterocycles. The molecular formula is C13H11ClFN3O. The summed E-state index contributed by atoms with van der Waals surface area (Å²) in [5.41, 5.74) is 6.43. The van der Waals surface area contributed by atoms with Crippen LogP contribution < -0.4 is 10.5 Å². The Balaban J connectivity index is 2.12. The van der Waals surface area contributed by atoms with Crippen LogP contribution in [-0.2, 0) is 6.61 Å². The Morgan fingerprint density at radius 1 is 1.42 bits per heavy atom. The molecule has 1 aromatic heterocycles. The Morgan fingerprint density at radius 2 is 2.21 bits per heavy atom. The van der Waals surface area contributed by atoms with Crippen molar-refractivity contribution in [2.75, 3.05) is 0 Å². The summed E-state index contributed by atoms with van der Waals surface area (Å²) in [4.78, 5) is 3.93. The number of rotatable bonds is 4. The molecule has 0 amide bonds. The van der Waals surface area contributed by atoms with E-state index >= 15 is 0 Å². The van der Waals surface area contributed by atoms with Crippen LogP contribution in [0.3, 0.4) is 0 Å². The van der Waals surface area contributed by atoms with Crippen LogP contribution in [0.15, 0.2) is 36.5 Å². The molecule has 0 aliphatic carbocycles. The lowest BCUT2D eigenvalue weighted by atomic mass is 10.2. The lowest BCUT2D eigenvalue weighted by molar-refractivity contribution is 0.290. The van der Waals surface area contributed by atoms with Crippen molar-refractivity contribution in [2.45, 2.75) is 6.61 Å². The van der Waals surface area contributed by atoms with E-state index in [-0.39, 0.29) is 23.2 Å². The van der Waals surface area contributed by atoms with Gasteiger partial charge in [-0.2, -0.15) is 0 Å². The molecular weight excluding hydrogens is 269 g/mol. The molecule has 0 saturated carbocycles. The highest BCUT2D eigenvalue weighted by molar-refractivity contribution is 6.30. The molecule has 98 valence electrons. The van der Waals surface area contributed by atoms with E-state index in [1.807, 2.05) is 0 Å². The number of nitrogens with one attached hydrogen (secondary N) is 1. The standard InChI is InChI=1S/C13H11ClFN3O/c14-9-2-1-3-11(12(9)15)19-7-8-4-5-18-10(6-8)13(16)17/h1-6H,7H2,(H3,16,17). The van der Waals surface area contributed by atoms with Crippen LogP contribution in [0.1, 0.15) is 11.3 Å². The van der Waals surface area contributed by atoms with Crippen LogP contribution in [0, 0.1) is 11.2 Å². The molecule has 3 N–H and O–H groups in total. The molecule has 0 aliphatic heterocycles. The maximum Gasteiger partial charge on any atom is 0.183 e. The number of nitrogen functional groups attached to an aromatic ring is 1. The molecule has 0 unspecified atom stereocenters. The first-order valence-corrected chi connectivity index (χ1v) is 5.82. The predicted octanol–water partition coefficient (Wildman–Crippen LogP) is 2.74. The first-order chi connectivity index (χ1) is 9.08. The van der Waals surface area contributed by atoms with Crippen molar-refractivity contribution in [2.24, 2.45) is 5.73 Å². The number of pyridine rings is 1. The quantitative estimate of drug-likeness (QED) is 0.668. The zero-order valence-electron chi connectivity index (χ0n) is 9.86. The Morgan fingerprint density at radius 3 is 2.95 bits per heavy atom. The van der Waals surface area contributed by atoms with E-state index < -0.39 is 5.82 Å². The van der Waals surface area contributed by atoms with E-state index in [0.29, 0.717) is 5.69 Å². The normalized spacial score (nSPS) is 10.2. The minimum absolute atomic E-state index is 0.0108. The number of nitrogens with two attached hydrogens (primary N) is 1. The van der Waals surface area contributed by atoms with Crippen molar-refractivity contribution >= 4 is 17.4 Å². The van der Waals surface area contributed by atoms with E-state index in [9.17, 15) is 4.39 Å². The van der Waals surface area contributed by atoms with Crippen molar-refractivity contribution < 1.29 is 9.13 Å². The number of hydrogen-bond donors (Lipinski definition) is 2. The second-order valence-electron chi connectivity index (χ2n) is 3.80. The third-order valence-electron chi connectivity index (χ3n) is 2.41. The van der Waals surface area contributed by atoms with Gasteiger partial charge < -0.3 is 10.5 Å². The van der Waals surface area contributed by atoms with Gasteiger partial charge in [0.1, 0.15) is 18.1 Å². The maximum atomic E-state index is 13.6. The van der Waals surface area contributed by atoms with Crippen molar-refractivity contribution in [3.8, 4) is 5.75 Å².